The van der Waals surface area contributed by atoms with E-state index in [1.54, 1.807) is 11.1 Å². The van der Waals surface area contributed by atoms with E-state index in [4.69, 9.17) is 0 Å². The Labute approximate surface area is 249 Å². The summed E-state index contributed by atoms with van der Waals surface area (Å²) >= 11 is 0. The minimum absolute atomic E-state index is 0.0800. The highest BCUT2D eigenvalue weighted by Gasteiger charge is 2.53. The lowest BCUT2D eigenvalue weighted by molar-refractivity contribution is -0.761. The van der Waals surface area contributed by atoms with Crippen LogP contribution in [-0.4, -0.2) is 0 Å². The van der Waals surface area contributed by atoms with Crippen LogP contribution in [0, 0.1) is 6.92 Å². The lowest BCUT2D eigenvalue weighted by Gasteiger charge is -2.33. The number of aryl methyl sites for hydroxylation is 1. The van der Waals surface area contributed by atoms with Crippen molar-refractivity contribution in [2.45, 2.75) is 76.8 Å². The van der Waals surface area contributed by atoms with Gasteiger partial charge in [0.2, 0.25) is 11.4 Å². The maximum Gasteiger partial charge on any atom is 0.217 e. The normalized spacial score (nSPS) is 19.8. The molecule has 3 aromatic carbocycles. The van der Waals surface area contributed by atoms with Crippen LogP contribution in [-0.2, 0) is 24.8 Å². The predicted octanol–water partition coefficient (Wildman–Crippen LogP) is 8.18. The lowest BCUT2D eigenvalue weighted by Crippen LogP contribution is -2.58. The van der Waals surface area contributed by atoms with Crippen LogP contribution in [0.2, 0.25) is 0 Å². The molecule has 0 amide bonds. The number of nitrogens with zero attached hydrogens (tertiary/aromatic N) is 2. The summed E-state index contributed by atoms with van der Waals surface area (Å²) in [6.07, 6.45) is 11.5. The van der Waals surface area contributed by atoms with Crippen molar-refractivity contribution in [1.82, 2.24) is 0 Å². The van der Waals surface area contributed by atoms with E-state index in [0.29, 0.717) is 12.0 Å². The first kappa shape index (κ1) is 24.5. The van der Waals surface area contributed by atoms with Crippen LogP contribution >= 0.6 is 0 Å². The molecule has 5 aromatic rings. The molecule has 2 aliphatic heterocycles. The monoisotopic (exact) mass is 546 g/mol. The number of rotatable bonds is 4. The van der Waals surface area contributed by atoms with Crippen LogP contribution in [0.5, 0.6) is 0 Å². The smallest absolute Gasteiger partial charge is 0.194 e. The van der Waals surface area contributed by atoms with Crippen molar-refractivity contribution in [3.8, 4) is 33.6 Å². The largest absolute Gasteiger partial charge is 0.217 e. The van der Waals surface area contributed by atoms with Gasteiger partial charge in [0.15, 0.2) is 24.0 Å². The second kappa shape index (κ2) is 8.74. The Bertz CT molecular complexity index is 1930. The zero-order valence-electron chi connectivity index (χ0n) is 25.0. The van der Waals surface area contributed by atoms with Crippen LogP contribution in [0.15, 0.2) is 91.3 Å². The van der Waals surface area contributed by atoms with Gasteiger partial charge >= 0.3 is 0 Å². The Kier molecular flexibility index (Phi) is 5.11. The molecule has 0 fully saturated rings. The van der Waals surface area contributed by atoms with Crippen molar-refractivity contribution in [3.63, 3.8) is 0 Å². The fourth-order valence-corrected chi connectivity index (χ4v) is 9.35. The lowest BCUT2D eigenvalue weighted by atomic mass is 9.73. The van der Waals surface area contributed by atoms with Gasteiger partial charge in [0.25, 0.3) is 0 Å². The number of benzene rings is 3. The van der Waals surface area contributed by atoms with Crippen molar-refractivity contribution < 1.29 is 9.13 Å². The highest BCUT2D eigenvalue weighted by Crippen LogP contribution is 2.54. The average molecular weight is 547 g/mol. The summed E-state index contributed by atoms with van der Waals surface area (Å²) in [5, 5.41) is 0. The van der Waals surface area contributed by atoms with Crippen LogP contribution in [0.1, 0.15) is 84.0 Å². The average Bonchev–Trinajstić information content (AvgIpc) is 3.59. The molecule has 0 radical (unpaired) electrons. The molecule has 0 saturated carbocycles. The summed E-state index contributed by atoms with van der Waals surface area (Å²) in [7, 11) is 0. The van der Waals surface area contributed by atoms with Gasteiger partial charge < -0.3 is 0 Å². The van der Waals surface area contributed by atoms with Gasteiger partial charge in [0.1, 0.15) is 0 Å². The SMILES string of the molecule is CCC1(CC)CC(C2Cc3cccc4c3-c3c(ccc[n+]32)C4)c2ccc(-c3ccccc3)c3c2-c2c(c(C)cc[n+]21)C3. The standard InChI is InChI=1S/C40H38N2/c1-4-40(5-2)24-34(35-22-28-14-9-13-27-21-29-15-10-19-41(35)38(29)36(27)28)31-17-16-30(26-11-7-6-8-12-26)33-23-32-25(3)18-20-42(40)39(32)37(31)33/h6-20,34-35H,4-5,21-24H2,1-3H3/q+2. The van der Waals surface area contributed by atoms with Gasteiger partial charge in [-0.3, -0.25) is 0 Å². The van der Waals surface area contributed by atoms with Gasteiger partial charge in [-0.15, -0.1) is 0 Å². The highest BCUT2D eigenvalue weighted by atomic mass is 15.1. The molecule has 9 rings (SSSR count). The zero-order valence-corrected chi connectivity index (χ0v) is 25.0. The molecule has 0 bridgehead atoms. The Balaban J connectivity index is 1.34. The first-order chi connectivity index (χ1) is 20.6. The van der Waals surface area contributed by atoms with E-state index in [-0.39, 0.29) is 5.54 Å². The van der Waals surface area contributed by atoms with E-state index in [0.717, 1.165) is 38.5 Å². The third-order valence-corrected chi connectivity index (χ3v) is 11.5. The Morgan fingerprint density at radius 1 is 0.714 bits per heavy atom. The minimum atomic E-state index is 0.0800. The maximum absolute atomic E-state index is 2.74. The van der Waals surface area contributed by atoms with Crippen LogP contribution in [0.4, 0.5) is 0 Å². The third-order valence-electron chi connectivity index (χ3n) is 11.5. The molecule has 0 saturated heterocycles. The van der Waals surface area contributed by atoms with Gasteiger partial charge in [0, 0.05) is 61.8 Å². The third kappa shape index (κ3) is 3.11. The number of hydrogen-bond acceptors (Lipinski definition) is 0. The fraction of sp³-hybridized carbons (Fsp3) is 0.300. The summed E-state index contributed by atoms with van der Waals surface area (Å²) in [6.45, 7) is 7.18. The van der Waals surface area contributed by atoms with E-state index >= 15 is 0 Å². The number of hydrogen-bond donors (Lipinski definition) is 0. The van der Waals surface area contributed by atoms with Crippen LogP contribution in [0.25, 0.3) is 33.6 Å². The summed E-state index contributed by atoms with van der Waals surface area (Å²) in [5.74, 6) is 0.420. The van der Waals surface area contributed by atoms with Crippen molar-refractivity contribution in [2.24, 2.45) is 0 Å². The molecule has 2 atom stereocenters. The van der Waals surface area contributed by atoms with Crippen LogP contribution < -0.4 is 9.13 Å². The molecule has 206 valence electrons. The Morgan fingerprint density at radius 2 is 1.52 bits per heavy atom. The van der Waals surface area contributed by atoms with Gasteiger partial charge in [-0.25, -0.2) is 0 Å². The maximum atomic E-state index is 2.74. The van der Waals surface area contributed by atoms with Gasteiger partial charge in [-0.05, 0) is 51.9 Å². The van der Waals surface area contributed by atoms with Crippen molar-refractivity contribution in [2.75, 3.05) is 0 Å². The molecule has 4 aliphatic rings. The molecule has 2 unspecified atom stereocenters. The predicted molar refractivity (Wildman–Crippen MR) is 169 cm³/mol. The van der Waals surface area contributed by atoms with E-state index in [9.17, 15) is 0 Å². The summed E-state index contributed by atoms with van der Waals surface area (Å²) in [4.78, 5) is 0. The van der Waals surface area contributed by atoms with E-state index in [2.05, 4.69) is 121 Å². The quantitative estimate of drug-likeness (QED) is 0.197. The molecule has 0 N–H and O–H groups in total. The van der Waals surface area contributed by atoms with E-state index in [1.807, 2.05) is 0 Å². The van der Waals surface area contributed by atoms with Crippen molar-refractivity contribution in [1.29, 1.82) is 0 Å². The minimum Gasteiger partial charge on any atom is -0.194 e. The fourth-order valence-electron chi connectivity index (χ4n) is 9.35. The van der Waals surface area contributed by atoms with Crippen molar-refractivity contribution in [3.05, 3.63) is 130 Å². The second-order valence-corrected chi connectivity index (χ2v) is 13.2. The molecule has 2 heteroatoms. The second-order valence-electron chi connectivity index (χ2n) is 13.2. The molecule has 0 spiro atoms. The first-order valence-corrected chi connectivity index (χ1v) is 16.0. The topological polar surface area (TPSA) is 7.76 Å². The number of pyridine rings is 2. The van der Waals surface area contributed by atoms with Crippen molar-refractivity contribution >= 4 is 0 Å². The molecule has 2 nitrogen and oxygen atoms in total. The first-order valence-electron chi connectivity index (χ1n) is 16.0. The summed E-state index contributed by atoms with van der Waals surface area (Å²) in [5.41, 5.74) is 19.5. The molecule has 42 heavy (non-hydrogen) atoms. The van der Waals surface area contributed by atoms with Gasteiger partial charge in [-0.2, -0.15) is 9.13 Å². The molecule has 2 aromatic heterocycles. The molecular formula is C40H38N2+2. The zero-order chi connectivity index (χ0) is 28.2. The van der Waals surface area contributed by atoms with Gasteiger partial charge in [-0.1, -0.05) is 74.5 Å². The Hall–Kier alpha value is -4.04. The van der Waals surface area contributed by atoms with E-state index in [1.165, 1.54) is 61.5 Å². The summed E-state index contributed by atoms with van der Waals surface area (Å²) in [6, 6.07) is 30.6. The Morgan fingerprint density at radius 3 is 2.36 bits per heavy atom. The number of aromatic nitrogens is 2. The molecule has 4 heterocycles. The van der Waals surface area contributed by atoms with Crippen LogP contribution in [0.3, 0.4) is 0 Å². The van der Waals surface area contributed by atoms with E-state index < -0.39 is 0 Å². The van der Waals surface area contributed by atoms with Gasteiger partial charge in [0.05, 0.1) is 17.0 Å². The highest BCUT2D eigenvalue weighted by molar-refractivity contribution is 5.85. The molecular weight excluding hydrogens is 508 g/mol. The summed E-state index contributed by atoms with van der Waals surface area (Å²) < 4.78 is 5.45. The molecule has 2 aliphatic carbocycles.